The van der Waals surface area contributed by atoms with Crippen LogP contribution < -0.4 is 15.4 Å². The summed E-state index contributed by atoms with van der Waals surface area (Å²) in [6.07, 6.45) is 3.38. The third-order valence-electron chi connectivity index (χ3n) is 11.3. The third kappa shape index (κ3) is 8.36. The number of amides is 1. The number of Topliss-reactive ketones (excluding diaryl/α,β-unsaturated/α-hetero) is 3. The SMILES string of the molecule is CO[C@H]1C=CO[C@@]2(C)Oc3c(C)c(O)c4c(c3C2=O)C(=O)C(NCc2ccccc2)=C(NC(=O)C(C)=CC=C[C@H](C)[C@H](O)[C@@H](C)[C@H](O)[C@H](C)[C@H](OC(C)=O)[C@@H]1C)C4=O. The molecule has 0 fully saturated rings. The van der Waals surface area contributed by atoms with Gasteiger partial charge >= 0.3 is 11.8 Å². The first-order valence-corrected chi connectivity index (χ1v) is 19.2. The summed E-state index contributed by atoms with van der Waals surface area (Å²) >= 11 is 0. The van der Waals surface area contributed by atoms with Gasteiger partial charge in [0.2, 0.25) is 11.6 Å². The van der Waals surface area contributed by atoms with Crippen molar-refractivity contribution in [2.45, 2.75) is 92.1 Å². The molecule has 2 aromatic rings. The monoisotopic (exact) mass is 800 g/mol. The van der Waals surface area contributed by atoms with Gasteiger partial charge in [0.15, 0.2) is 0 Å². The third-order valence-corrected chi connectivity index (χ3v) is 11.3. The summed E-state index contributed by atoms with van der Waals surface area (Å²) in [6.45, 7) is 12.4. The van der Waals surface area contributed by atoms with E-state index in [0.717, 1.165) is 5.56 Å². The van der Waals surface area contributed by atoms with Gasteiger partial charge in [-0.25, -0.2) is 0 Å². The summed E-state index contributed by atoms with van der Waals surface area (Å²) in [5.74, 6) is -9.32. The summed E-state index contributed by atoms with van der Waals surface area (Å²) in [7, 11) is 1.42. The highest BCUT2D eigenvalue weighted by Gasteiger charge is 2.52. The molecule has 0 unspecified atom stereocenters. The molecule has 310 valence electrons. The maximum absolute atomic E-state index is 14.6. The van der Waals surface area contributed by atoms with Crippen LogP contribution in [0.25, 0.3) is 0 Å². The van der Waals surface area contributed by atoms with E-state index in [0.29, 0.717) is 0 Å². The summed E-state index contributed by atoms with van der Waals surface area (Å²) in [6, 6.07) is 8.99. The van der Waals surface area contributed by atoms with Gasteiger partial charge in [-0.3, -0.25) is 24.0 Å². The standard InChI is InChI=1S/C44H52N2O12/c1-21-14-13-15-22(2)43(54)46-34-33(45-20-28-16-11-10-12-17-28)38(51)30-31(39(34)52)37(50)26(6)41-32(30)42(53)44(8,58-41)56-19-18-29(55-9)23(3)40(57-27(7)47)25(5)36(49)24(4)35(21)48/h10-19,21,23-25,29,35-36,40,45,48-50H,20H2,1-9H3,(H,46,54)/t21-,23+,24+,25-,29-,35-,36-,40+,44-/m0/s1. The molecule has 1 aliphatic carbocycles. The van der Waals surface area contributed by atoms with Crippen LogP contribution in [-0.4, -0.2) is 81.9 Å². The molecule has 0 spiro atoms. The molecule has 6 rings (SSSR count). The van der Waals surface area contributed by atoms with Gasteiger partial charge in [0, 0.05) is 62.3 Å². The molecule has 2 aromatic carbocycles. The number of fused-ring (bicyclic) bond motifs is 14. The number of ether oxygens (including phenoxy) is 4. The van der Waals surface area contributed by atoms with Crippen molar-refractivity contribution in [2.24, 2.45) is 23.7 Å². The number of carbonyl (C=O) groups excluding carboxylic acids is 5. The van der Waals surface area contributed by atoms with Crippen molar-refractivity contribution in [3.8, 4) is 11.5 Å². The molecule has 1 amide bonds. The number of methoxy groups -OCH3 is 1. The lowest BCUT2D eigenvalue weighted by Crippen LogP contribution is -2.46. The molecule has 5 N–H and O–H groups in total. The van der Waals surface area contributed by atoms with E-state index in [9.17, 15) is 39.3 Å². The first kappa shape index (κ1) is 43.6. The minimum absolute atomic E-state index is 0.0108. The Balaban J connectivity index is 1.66. The Hall–Kier alpha value is -5.57. The largest absolute Gasteiger partial charge is 0.507 e. The van der Waals surface area contributed by atoms with Crippen molar-refractivity contribution < 1.29 is 58.2 Å². The predicted molar refractivity (Wildman–Crippen MR) is 211 cm³/mol. The fourth-order valence-electron chi connectivity index (χ4n) is 7.65. The zero-order valence-electron chi connectivity index (χ0n) is 34.1. The minimum atomic E-state index is -2.09. The summed E-state index contributed by atoms with van der Waals surface area (Å²) in [4.78, 5) is 69.3. The highest BCUT2D eigenvalue weighted by Crippen LogP contribution is 2.48. The molecule has 3 aliphatic heterocycles. The average molecular weight is 801 g/mol. The molecule has 0 aromatic heterocycles. The van der Waals surface area contributed by atoms with E-state index in [1.807, 2.05) is 6.07 Å². The lowest BCUT2D eigenvalue weighted by molar-refractivity contribution is -0.160. The van der Waals surface area contributed by atoms with Gasteiger partial charge < -0.3 is 44.9 Å². The normalized spacial score (nSPS) is 29.4. The van der Waals surface area contributed by atoms with Crippen molar-refractivity contribution in [1.82, 2.24) is 10.6 Å². The molecule has 58 heavy (non-hydrogen) atoms. The van der Waals surface area contributed by atoms with Crippen LogP contribution in [-0.2, 0) is 30.3 Å². The molecule has 14 heteroatoms. The number of aliphatic hydroxyl groups is 2. The molecule has 5 bridgehead atoms. The quantitative estimate of drug-likeness (QED) is 0.259. The second kappa shape index (κ2) is 17.5. The number of aliphatic hydroxyl groups excluding tert-OH is 2. The van der Waals surface area contributed by atoms with Crippen LogP contribution in [0.4, 0.5) is 0 Å². The van der Waals surface area contributed by atoms with E-state index in [1.54, 1.807) is 64.1 Å². The zero-order chi connectivity index (χ0) is 42.8. The van der Waals surface area contributed by atoms with Crippen LogP contribution in [0.1, 0.15) is 90.7 Å². The summed E-state index contributed by atoms with van der Waals surface area (Å²) in [5.41, 5.74) is -1.05. The number of esters is 1. The maximum atomic E-state index is 14.6. The second-order valence-corrected chi connectivity index (χ2v) is 15.4. The molecular formula is C44H52N2O12. The summed E-state index contributed by atoms with van der Waals surface area (Å²) < 4.78 is 23.5. The van der Waals surface area contributed by atoms with Crippen LogP contribution in [0, 0.1) is 30.6 Å². The molecule has 14 nitrogen and oxygen atoms in total. The number of hydrogen-bond donors (Lipinski definition) is 5. The first-order valence-electron chi connectivity index (χ1n) is 19.2. The Morgan fingerprint density at radius 1 is 0.914 bits per heavy atom. The highest BCUT2D eigenvalue weighted by atomic mass is 16.7. The molecule has 9 atom stereocenters. The number of hydrogen-bond acceptors (Lipinski definition) is 13. The van der Waals surface area contributed by atoms with E-state index in [2.05, 4.69) is 10.6 Å². The molecule has 0 saturated carbocycles. The molecule has 0 saturated heterocycles. The predicted octanol–water partition coefficient (Wildman–Crippen LogP) is 4.75. The topological polar surface area (TPSA) is 207 Å². The van der Waals surface area contributed by atoms with Crippen LogP contribution in [0.5, 0.6) is 11.5 Å². The average Bonchev–Trinajstić information content (AvgIpc) is 3.46. The van der Waals surface area contributed by atoms with Crippen LogP contribution >= 0.6 is 0 Å². The van der Waals surface area contributed by atoms with E-state index in [-0.39, 0.29) is 34.7 Å². The number of nitrogens with one attached hydrogen (secondary N) is 2. The highest BCUT2D eigenvalue weighted by molar-refractivity contribution is 6.32. The van der Waals surface area contributed by atoms with E-state index in [4.69, 9.17) is 18.9 Å². The van der Waals surface area contributed by atoms with E-state index >= 15 is 0 Å². The van der Waals surface area contributed by atoms with E-state index < -0.39 is 106 Å². The zero-order valence-corrected chi connectivity index (χ0v) is 34.1. The maximum Gasteiger partial charge on any atom is 0.312 e. The van der Waals surface area contributed by atoms with Crippen molar-refractivity contribution in [1.29, 1.82) is 0 Å². The lowest BCUT2D eigenvalue weighted by atomic mass is 9.78. The van der Waals surface area contributed by atoms with Crippen LogP contribution in [0.3, 0.4) is 0 Å². The van der Waals surface area contributed by atoms with Gasteiger partial charge in [-0.05, 0) is 25.5 Å². The fourth-order valence-corrected chi connectivity index (χ4v) is 7.65. The van der Waals surface area contributed by atoms with E-state index in [1.165, 1.54) is 53.2 Å². The Morgan fingerprint density at radius 3 is 2.22 bits per heavy atom. The smallest absolute Gasteiger partial charge is 0.312 e. The fraction of sp³-hybridized carbons (Fsp3) is 0.432. The van der Waals surface area contributed by atoms with Gasteiger partial charge in [-0.1, -0.05) is 76.3 Å². The number of carbonyl (C=O) groups is 5. The Kier molecular flexibility index (Phi) is 13.1. The van der Waals surface area contributed by atoms with Gasteiger partial charge in [-0.2, -0.15) is 0 Å². The van der Waals surface area contributed by atoms with Gasteiger partial charge in [0.05, 0.1) is 41.3 Å². The number of aromatic hydroxyl groups is 1. The number of benzene rings is 2. The number of allylic oxidation sites excluding steroid dienone is 4. The van der Waals surface area contributed by atoms with Crippen LogP contribution in [0.15, 0.2) is 77.9 Å². The number of rotatable bonds is 5. The Morgan fingerprint density at radius 2 is 1.59 bits per heavy atom. The molecule has 3 heterocycles. The number of ketones is 3. The van der Waals surface area contributed by atoms with Gasteiger partial charge in [0.1, 0.15) is 29.0 Å². The summed E-state index contributed by atoms with van der Waals surface area (Å²) in [5, 5.41) is 39.8. The molecule has 0 radical (unpaired) electrons. The Labute approximate surface area is 337 Å². The number of phenolic OH excluding ortho intramolecular Hbond substituents is 1. The second-order valence-electron chi connectivity index (χ2n) is 15.4. The van der Waals surface area contributed by atoms with Crippen molar-refractivity contribution in [2.75, 3.05) is 7.11 Å². The molecule has 4 aliphatic rings. The van der Waals surface area contributed by atoms with Gasteiger partial charge in [0.25, 0.3) is 11.7 Å². The first-order chi connectivity index (χ1) is 27.3. The van der Waals surface area contributed by atoms with Crippen molar-refractivity contribution in [3.63, 3.8) is 0 Å². The number of phenols is 1. The van der Waals surface area contributed by atoms with Gasteiger partial charge in [-0.15, -0.1) is 0 Å². The lowest BCUT2D eigenvalue weighted by Gasteiger charge is -2.38. The molecular weight excluding hydrogens is 748 g/mol. The van der Waals surface area contributed by atoms with Crippen LogP contribution in [0.2, 0.25) is 0 Å². The minimum Gasteiger partial charge on any atom is -0.507 e. The Bertz CT molecular complexity index is 2100. The van der Waals surface area contributed by atoms with Crippen molar-refractivity contribution in [3.05, 3.63) is 106 Å². The van der Waals surface area contributed by atoms with Crippen molar-refractivity contribution >= 4 is 29.2 Å².